The topological polar surface area (TPSA) is 40.6 Å². The molecule has 2 aromatic rings. The van der Waals surface area contributed by atoms with Crippen LogP contribution in [0.25, 0.3) is 0 Å². The second kappa shape index (κ2) is 8.30. The van der Waals surface area contributed by atoms with Gasteiger partial charge in [0.25, 0.3) is 11.8 Å². The lowest BCUT2D eigenvalue weighted by Gasteiger charge is -2.23. The molecular formula is C19H17Cl3N2O2. The van der Waals surface area contributed by atoms with Gasteiger partial charge in [0.15, 0.2) is 0 Å². The molecule has 0 aromatic heterocycles. The maximum Gasteiger partial charge on any atom is 0.255 e. The fourth-order valence-electron chi connectivity index (χ4n) is 2.96. The van der Waals surface area contributed by atoms with E-state index >= 15 is 0 Å². The van der Waals surface area contributed by atoms with Gasteiger partial charge in [-0.15, -0.1) is 0 Å². The Morgan fingerprint density at radius 3 is 1.96 bits per heavy atom. The zero-order chi connectivity index (χ0) is 18.7. The van der Waals surface area contributed by atoms with Gasteiger partial charge in [0.05, 0.1) is 21.2 Å². The van der Waals surface area contributed by atoms with Crippen molar-refractivity contribution in [1.29, 1.82) is 0 Å². The van der Waals surface area contributed by atoms with Crippen molar-refractivity contribution in [3.63, 3.8) is 0 Å². The first-order valence-electron chi connectivity index (χ1n) is 8.25. The van der Waals surface area contributed by atoms with Gasteiger partial charge in [-0.2, -0.15) is 0 Å². The van der Waals surface area contributed by atoms with Crippen LogP contribution in [0.15, 0.2) is 42.5 Å². The van der Waals surface area contributed by atoms with Crippen molar-refractivity contribution >= 4 is 46.6 Å². The van der Waals surface area contributed by atoms with Crippen LogP contribution in [0, 0.1) is 0 Å². The molecule has 0 bridgehead atoms. The summed E-state index contributed by atoms with van der Waals surface area (Å²) in [5.41, 5.74) is 0.858. The van der Waals surface area contributed by atoms with Crippen molar-refractivity contribution in [2.75, 3.05) is 26.2 Å². The van der Waals surface area contributed by atoms with Crippen molar-refractivity contribution in [3.05, 3.63) is 68.7 Å². The van der Waals surface area contributed by atoms with Gasteiger partial charge >= 0.3 is 0 Å². The first kappa shape index (κ1) is 19.0. The van der Waals surface area contributed by atoms with Gasteiger partial charge in [-0.3, -0.25) is 9.59 Å². The molecule has 0 saturated carbocycles. The van der Waals surface area contributed by atoms with E-state index in [0.29, 0.717) is 58.8 Å². The number of hydrogen-bond acceptors (Lipinski definition) is 2. The average Bonchev–Trinajstić information content (AvgIpc) is 2.89. The molecule has 1 aliphatic heterocycles. The monoisotopic (exact) mass is 410 g/mol. The van der Waals surface area contributed by atoms with Crippen LogP contribution >= 0.6 is 34.8 Å². The lowest BCUT2D eigenvalue weighted by Crippen LogP contribution is -2.37. The Bertz CT molecular complexity index is 841. The molecule has 1 saturated heterocycles. The summed E-state index contributed by atoms with van der Waals surface area (Å²) in [6.07, 6.45) is 0.681. The number of benzene rings is 2. The van der Waals surface area contributed by atoms with Crippen LogP contribution in [0.3, 0.4) is 0 Å². The van der Waals surface area contributed by atoms with Crippen LogP contribution in [-0.2, 0) is 0 Å². The Hall–Kier alpha value is -1.75. The van der Waals surface area contributed by atoms with Gasteiger partial charge in [0.2, 0.25) is 0 Å². The predicted molar refractivity (Wildman–Crippen MR) is 104 cm³/mol. The van der Waals surface area contributed by atoms with Crippen molar-refractivity contribution < 1.29 is 9.59 Å². The first-order chi connectivity index (χ1) is 12.5. The van der Waals surface area contributed by atoms with Gasteiger partial charge in [-0.1, -0.05) is 46.9 Å². The van der Waals surface area contributed by atoms with Crippen LogP contribution in [0.4, 0.5) is 0 Å². The minimum atomic E-state index is -0.176. The van der Waals surface area contributed by atoms with Crippen LogP contribution < -0.4 is 0 Å². The maximum atomic E-state index is 12.8. The molecule has 0 unspecified atom stereocenters. The minimum Gasteiger partial charge on any atom is -0.337 e. The van der Waals surface area contributed by atoms with Gasteiger partial charge in [0.1, 0.15) is 0 Å². The summed E-state index contributed by atoms with van der Waals surface area (Å²) in [6.45, 7) is 1.98. The summed E-state index contributed by atoms with van der Waals surface area (Å²) in [6, 6.07) is 11.8. The highest BCUT2D eigenvalue weighted by atomic mass is 35.5. The zero-order valence-corrected chi connectivity index (χ0v) is 16.2. The maximum absolute atomic E-state index is 12.8. The van der Waals surface area contributed by atoms with Crippen LogP contribution in [-0.4, -0.2) is 47.8 Å². The van der Waals surface area contributed by atoms with E-state index < -0.39 is 0 Å². The van der Waals surface area contributed by atoms with E-state index in [0.717, 1.165) is 0 Å². The molecule has 0 spiro atoms. The van der Waals surface area contributed by atoms with Gasteiger partial charge in [-0.05, 0) is 36.8 Å². The predicted octanol–water partition coefficient (Wildman–Crippen LogP) is 4.64. The normalized spacial score (nSPS) is 14.9. The SMILES string of the molecule is O=C(c1ccccc1Cl)N1CCCN(C(=O)c2cc(Cl)ccc2Cl)CC1. The minimum absolute atomic E-state index is 0.120. The third kappa shape index (κ3) is 4.14. The number of halogens is 3. The summed E-state index contributed by atoms with van der Waals surface area (Å²) >= 11 is 18.3. The zero-order valence-electron chi connectivity index (χ0n) is 13.9. The molecule has 0 N–H and O–H groups in total. The molecule has 1 heterocycles. The van der Waals surface area contributed by atoms with Crippen molar-refractivity contribution in [2.24, 2.45) is 0 Å². The van der Waals surface area contributed by atoms with Gasteiger partial charge in [-0.25, -0.2) is 0 Å². The number of rotatable bonds is 2. The summed E-state index contributed by atoms with van der Waals surface area (Å²) < 4.78 is 0. The Kier molecular flexibility index (Phi) is 6.07. The summed E-state index contributed by atoms with van der Waals surface area (Å²) in [7, 11) is 0. The number of carbonyl (C=O) groups is 2. The Morgan fingerprint density at radius 1 is 0.731 bits per heavy atom. The largest absolute Gasteiger partial charge is 0.337 e. The highest BCUT2D eigenvalue weighted by Gasteiger charge is 2.25. The number of amides is 2. The molecule has 136 valence electrons. The van der Waals surface area contributed by atoms with E-state index in [1.54, 1.807) is 52.3 Å². The Labute approximate surface area is 167 Å². The fourth-order valence-corrected chi connectivity index (χ4v) is 3.55. The van der Waals surface area contributed by atoms with E-state index in [9.17, 15) is 9.59 Å². The summed E-state index contributed by atoms with van der Waals surface area (Å²) in [5, 5.41) is 1.26. The summed E-state index contributed by atoms with van der Waals surface area (Å²) in [4.78, 5) is 28.9. The van der Waals surface area contributed by atoms with Crippen molar-refractivity contribution in [2.45, 2.75) is 6.42 Å². The van der Waals surface area contributed by atoms with E-state index in [-0.39, 0.29) is 11.8 Å². The molecule has 7 heteroatoms. The second-order valence-electron chi connectivity index (χ2n) is 6.04. The number of hydrogen-bond donors (Lipinski definition) is 0. The molecule has 1 fully saturated rings. The Morgan fingerprint density at radius 2 is 1.31 bits per heavy atom. The third-order valence-electron chi connectivity index (χ3n) is 4.33. The van der Waals surface area contributed by atoms with Gasteiger partial charge < -0.3 is 9.80 Å². The average molecular weight is 412 g/mol. The molecule has 0 atom stereocenters. The molecule has 4 nitrogen and oxygen atoms in total. The smallest absolute Gasteiger partial charge is 0.255 e. The van der Waals surface area contributed by atoms with Gasteiger partial charge in [0, 0.05) is 31.2 Å². The molecule has 0 radical (unpaired) electrons. The van der Waals surface area contributed by atoms with Crippen molar-refractivity contribution in [3.8, 4) is 0 Å². The molecule has 0 aliphatic carbocycles. The number of nitrogens with zero attached hydrogens (tertiary/aromatic N) is 2. The van der Waals surface area contributed by atoms with Crippen LogP contribution in [0.1, 0.15) is 27.1 Å². The summed E-state index contributed by atoms with van der Waals surface area (Å²) in [5.74, 6) is -0.296. The van der Waals surface area contributed by atoms with Crippen LogP contribution in [0.2, 0.25) is 15.1 Å². The second-order valence-corrected chi connectivity index (χ2v) is 7.29. The molecule has 2 aromatic carbocycles. The third-order valence-corrected chi connectivity index (χ3v) is 5.23. The fraction of sp³-hybridized carbons (Fsp3) is 0.263. The molecular weight excluding hydrogens is 395 g/mol. The van der Waals surface area contributed by atoms with E-state index in [1.807, 2.05) is 0 Å². The first-order valence-corrected chi connectivity index (χ1v) is 9.39. The van der Waals surface area contributed by atoms with Crippen molar-refractivity contribution in [1.82, 2.24) is 9.80 Å². The van der Waals surface area contributed by atoms with E-state index in [1.165, 1.54) is 0 Å². The molecule has 2 amide bonds. The lowest BCUT2D eigenvalue weighted by molar-refractivity contribution is 0.0719. The standard InChI is InChI=1S/C19H17Cl3N2O2/c20-13-6-7-17(22)15(12-13)19(26)24-9-3-8-23(10-11-24)18(25)14-4-1-2-5-16(14)21/h1-2,4-7,12H,3,8-11H2. The highest BCUT2D eigenvalue weighted by Crippen LogP contribution is 2.23. The number of carbonyl (C=O) groups excluding carboxylic acids is 2. The lowest BCUT2D eigenvalue weighted by atomic mass is 10.2. The van der Waals surface area contributed by atoms with E-state index in [2.05, 4.69) is 0 Å². The Balaban J connectivity index is 1.72. The molecule has 1 aliphatic rings. The quantitative estimate of drug-likeness (QED) is 0.722. The molecule has 26 heavy (non-hydrogen) atoms. The molecule has 3 rings (SSSR count). The van der Waals surface area contributed by atoms with Crippen LogP contribution in [0.5, 0.6) is 0 Å². The highest BCUT2D eigenvalue weighted by molar-refractivity contribution is 6.35. The van der Waals surface area contributed by atoms with E-state index in [4.69, 9.17) is 34.8 Å².